The number of carbonyl (C=O) groups is 2. The average Bonchev–Trinajstić information content (AvgIpc) is 3.53. The molecule has 0 spiro atoms. The van der Waals surface area contributed by atoms with E-state index in [2.05, 4.69) is 15.5 Å². The summed E-state index contributed by atoms with van der Waals surface area (Å²) in [6.07, 6.45) is 1.68. The summed E-state index contributed by atoms with van der Waals surface area (Å²) < 4.78 is 38.5. The Morgan fingerprint density at radius 3 is 2.42 bits per heavy atom. The highest BCUT2D eigenvalue weighted by atomic mass is 32.2. The van der Waals surface area contributed by atoms with E-state index in [1.807, 2.05) is 24.3 Å². The van der Waals surface area contributed by atoms with Gasteiger partial charge in [0.2, 0.25) is 16.8 Å². The van der Waals surface area contributed by atoms with Gasteiger partial charge < -0.3 is 14.1 Å². The highest BCUT2D eigenvalue weighted by Crippen LogP contribution is 2.21. The van der Waals surface area contributed by atoms with Gasteiger partial charge >= 0.3 is 5.97 Å². The maximum absolute atomic E-state index is 12.8. The van der Waals surface area contributed by atoms with Crippen molar-refractivity contribution in [3.05, 3.63) is 54.0 Å². The normalized spacial score (nSPS) is 14.9. The largest absolute Gasteiger partial charge is 0.460 e. The van der Waals surface area contributed by atoms with Crippen LogP contribution >= 0.6 is 0 Å². The van der Waals surface area contributed by atoms with Crippen molar-refractivity contribution >= 4 is 21.9 Å². The smallest absolute Gasteiger partial charge is 0.374 e. The monoisotopic (exact) mass is 474 g/mol. The SMILES string of the molecule is CCOC(=O)c1ccc(S(=O)(=O)N2CCN(C(=O)Cc3ccc(-n4cnnn4)cc3)CC2)o1. The summed E-state index contributed by atoms with van der Waals surface area (Å²) >= 11 is 0. The average molecular weight is 474 g/mol. The van der Waals surface area contributed by atoms with Crippen LogP contribution in [0.3, 0.4) is 0 Å². The Morgan fingerprint density at radius 2 is 1.79 bits per heavy atom. The number of benzene rings is 1. The van der Waals surface area contributed by atoms with Gasteiger partial charge in [-0.3, -0.25) is 4.79 Å². The summed E-state index contributed by atoms with van der Waals surface area (Å²) in [6.45, 7) is 2.56. The molecule has 4 rings (SSSR count). The topological polar surface area (TPSA) is 141 Å². The molecule has 1 aliphatic rings. The van der Waals surface area contributed by atoms with Crippen LogP contribution < -0.4 is 0 Å². The molecule has 0 bridgehead atoms. The predicted molar refractivity (Wildman–Crippen MR) is 113 cm³/mol. The maximum atomic E-state index is 12.8. The van der Waals surface area contributed by atoms with Gasteiger partial charge in [-0.15, -0.1) is 5.10 Å². The number of esters is 1. The molecule has 0 aliphatic carbocycles. The van der Waals surface area contributed by atoms with Gasteiger partial charge in [0.05, 0.1) is 18.7 Å². The maximum Gasteiger partial charge on any atom is 0.374 e. The highest BCUT2D eigenvalue weighted by Gasteiger charge is 2.33. The minimum atomic E-state index is -3.92. The Kier molecular flexibility index (Phi) is 6.51. The van der Waals surface area contributed by atoms with Gasteiger partial charge in [-0.25, -0.2) is 17.9 Å². The number of amides is 1. The molecule has 0 unspecified atom stereocenters. The van der Waals surface area contributed by atoms with E-state index < -0.39 is 16.0 Å². The van der Waals surface area contributed by atoms with Crippen molar-refractivity contribution in [3.63, 3.8) is 0 Å². The number of nitrogens with zero attached hydrogens (tertiary/aromatic N) is 6. The number of tetrazole rings is 1. The molecule has 0 N–H and O–H groups in total. The molecule has 12 nitrogen and oxygen atoms in total. The molecule has 3 heterocycles. The van der Waals surface area contributed by atoms with Gasteiger partial charge in [0.15, 0.2) is 0 Å². The zero-order valence-electron chi connectivity index (χ0n) is 17.8. The van der Waals surface area contributed by atoms with Crippen LogP contribution in [0.25, 0.3) is 5.69 Å². The second-order valence-corrected chi connectivity index (χ2v) is 9.09. The van der Waals surface area contributed by atoms with Crippen molar-refractivity contribution in [2.75, 3.05) is 32.8 Å². The van der Waals surface area contributed by atoms with Gasteiger partial charge in [-0.2, -0.15) is 4.31 Å². The summed E-state index contributed by atoms with van der Waals surface area (Å²) in [5, 5.41) is 10.7. The van der Waals surface area contributed by atoms with Crippen molar-refractivity contribution < 1.29 is 27.2 Å². The lowest BCUT2D eigenvalue weighted by Crippen LogP contribution is -2.50. The number of furan rings is 1. The van der Waals surface area contributed by atoms with Gasteiger partial charge in [-0.1, -0.05) is 12.1 Å². The lowest BCUT2D eigenvalue weighted by Gasteiger charge is -2.33. The van der Waals surface area contributed by atoms with Crippen LogP contribution in [-0.2, 0) is 26.0 Å². The second kappa shape index (κ2) is 9.50. The van der Waals surface area contributed by atoms with Crippen molar-refractivity contribution in [1.29, 1.82) is 0 Å². The fourth-order valence-electron chi connectivity index (χ4n) is 3.41. The van der Waals surface area contributed by atoms with Crippen LogP contribution in [0.2, 0.25) is 0 Å². The van der Waals surface area contributed by atoms with Crippen LogP contribution in [0.4, 0.5) is 0 Å². The zero-order chi connectivity index (χ0) is 23.4. The molecular formula is C20H22N6O6S. The van der Waals surface area contributed by atoms with Gasteiger partial charge in [-0.05, 0) is 47.2 Å². The molecule has 0 atom stereocenters. The number of sulfonamides is 1. The zero-order valence-corrected chi connectivity index (χ0v) is 18.6. The van der Waals surface area contributed by atoms with Crippen molar-refractivity contribution in [3.8, 4) is 5.69 Å². The third-order valence-corrected chi connectivity index (χ3v) is 6.92. The number of ether oxygens (including phenoxy) is 1. The molecule has 0 saturated carbocycles. The minimum Gasteiger partial charge on any atom is -0.460 e. The molecule has 1 saturated heterocycles. The summed E-state index contributed by atoms with van der Waals surface area (Å²) in [5.74, 6) is -0.986. The number of hydrogen-bond acceptors (Lipinski definition) is 9. The van der Waals surface area contributed by atoms with E-state index in [9.17, 15) is 18.0 Å². The van der Waals surface area contributed by atoms with Crippen LogP contribution in [-0.4, -0.2) is 82.5 Å². The predicted octanol–water partition coefficient (Wildman–Crippen LogP) is 0.508. The van der Waals surface area contributed by atoms with Gasteiger partial charge in [0.25, 0.3) is 10.0 Å². The molecule has 1 fully saturated rings. The van der Waals surface area contributed by atoms with Crippen molar-refractivity contribution in [1.82, 2.24) is 29.4 Å². The van der Waals surface area contributed by atoms with Gasteiger partial charge in [0.1, 0.15) is 6.33 Å². The van der Waals surface area contributed by atoms with E-state index in [0.717, 1.165) is 11.3 Å². The summed E-state index contributed by atoms with van der Waals surface area (Å²) in [4.78, 5) is 26.1. The van der Waals surface area contributed by atoms with E-state index in [1.54, 1.807) is 11.8 Å². The van der Waals surface area contributed by atoms with E-state index in [0.29, 0.717) is 0 Å². The summed E-state index contributed by atoms with van der Waals surface area (Å²) in [7, 11) is -3.92. The fraction of sp³-hybridized carbons (Fsp3) is 0.350. The molecule has 3 aromatic rings. The highest BCUT2D eigenvalue weighted by molar-refractivity contribution is 7.89. The lowest BCUT2D eigenvalue weighted by atomic mass is 10.1. The number of piperazine rings is 1. The first-order chi connectivity index (χ1) is 15.9. The molecule has 2 aromatic heterocycles. The molecule has 1 aromatic carbocycles. The van der Waals surface area contributed by atoms with Crippen LogP contribution in [0.5, 0.6) is 0 Å². The van der Waals surface area contributed by atoms with E-state index in [-0.39, 0.29) is 56.0 Å². The number of hydrogen-bond donors (Lipinski definition) is 0. The fourth-order valence-corrected chi connectivity index (χ4v) is 4.74. The van der Waals surface area contributed by atoms with Crippen molar-refractivity contribution in [2.45, 2.75) is 18.4 Å². The Morgan fingerprint density at radius 1 is 1.06 bits per heavy atom. The Hall–Kier alpha value is -3.58. The first-order valence-electron chi connectivity index (χ1n) is 10.3. The van der Waals surface area contributed by atoms with Gasteiger partial charge in [0, 0.05) is 26.2 Å². The first kappa shape index (κ1) is 22.6. The molecule has 33 heavy (non-hydrogen) atoms. The molecular weight excluding hydrogens is 452 g/mol. The number of aromatic nitrogens is 4. The number of rotatable bonds is 7. The van der Waals surface area contributed by atoms with Crippen LogP contribution in [0.1, 0.15) is 23.0 Å². The van der Waals surface area contributed by atoms with E-state index in [4.69, 9.17) is 9.15 Å². The first-order valence-corrected chi connectivity index (χ1v) is 11.7. The Bertz CT molecular complexity index is 1210. The molecule has 13 heteroatoms. The third kappa shape index (κ3) is 4.93. The quantitative estimate of drug-likeness (QED) is 0.448. The summed E-state index contributed by atoms with van der Waals surface area (Å²) in [5.41, 5.74) is 1.60. The summed E-state index contributed by atoms with van der Waals surface area (Å²) in [6, 6.07) is 9.80. The van der Waals surface area contributed by atoms with E-state index in [1.165, 1.54) is 27.4 Å². The molecule has 1 amide bonds. The minimum absolute atomic E-state index is 0.0928. The standard InChI is InChI=1S/C20H22N6O6S/c1-2-31-20(28)17-7-8-19(32-17)33(29,30)25-11-9-24(10-12-25)18(27)13-15-3-5-16(6-4-15)26-14-21-22-23-26/h3-8,14H,2,9-13H2,1H3. The van der Waals surface area contributed by atoms with Crippen LogP contribution in [0, 0.1) is 0 Å². The van der Waals surface area contributed by atoms with Crippen molar-refractivity contribution in [2.24, 2.45) is 0 Å². The Balaban J connectivity index is 1.33. The lowest BCUT2D eigenvalue weighted by molar-refractivity contribution is -0.131. The third-order valence-electron chi connectivity index (χ3n) is 5.15. The molecule has 0 radical (unpaired) electrons. The number of carbonyl (C=O) groups excluding carboxylic acids is 2. The molecule has 1 aliphatic heterocycles. The van der Waals surface area contributed by atoms with E-state index >= 15 is 0 Å². The second-order valence-electron chi connectivity index (χ2n) is 7.22. The van der Waals surface area contributed by atoms with Crippen LogP contribution in [0.15, 0.2) is 52.2 Å². The Labute approximate surface area is 189 Å². The molecule has 174 valence electrons.